The molecule has 0 fully saturated rings. The largest absolute Gasteiger partial charge is 0.253 e. The SMILES string of the molecule is c1ccc2nc3ccccc3nc2c1.c1cscn1. The smallest absolute Gasteiger partial charge is 0.0894 e. The molecule has 3 nitrogen and oxygen atoms in total. The maximum Gasteiger partial charge on any atom is 0.0894 e. The van der Waals surface area contributed by atoms with Crippen molar-refractivity contribution in [2.75, 3.05) is 0 Å². The van der Waals surface area contributed by atoms with Crippen LogP contribution in [0.4, 0.5) is 0 Å². The van der Waals surface area contributed by atoms with Gasteiger partial charge in [-0.15, -0.1) is 11.3 Å². The second kappa shape index (κ2) is 5.54. The third-order valence-electron chi connectivity index (χ3n) is 2.59. The van der Waals surface area contributed by atoms with E-state index in [0.717, 1.165) is 22.1 Å². The molecule has 0 unspecified atom stereocenters. The number of aromatic nitrogens is 3. The van der Waals surface area contributed by atoms with Crippen molar-refractivity contribution in [1.29, 1.82) is 0 Å². The Balaban J connectivity index is 0.000000187. The van der Waals surface area contributed by atoms with Gasteiger partial charge >= 0.3 is 0 Å². The Morgan fingerprint density at radius 2 is 1.16 bits per heavy atom. The standard InChI is InChI=1S/C12H8N2.C3H3NS/c1-2-6-10-9(5-1)13-11-7-3-4-8-12(11)14-10;1-2-5-3-4-1/h1-8H;1-3H. The van der Waals surface area contributed by atoms with Crippen LogP contribution in [-0.4, -0.2) is 15.0 Å². The first-order chi connectivity index (χ1) is 9.43. The zero-order valence-electron chi connectivity index (χ0n) is 10.1. The minimum Gasteiger partial charge on any atom is -0.253 e. The molecule has 4 aromatic rings. The fourth-order valence-electron chi connectivity index (χ4n) is 1.74. The summed E-state index contributed by atoms with van der Waals surface area (Å²) in [6, 6.07) is 15.8. The van der Waals surface area contributed by atoms with Gasteiger partial charge in [-0.2, -0.15) is 0 Å². The van der Waals surface area contributed by atoms with E-state index in [9.17, 15) is 0 Å². The summed E-state index contributed by atoms with van der Waals surface area (Å²) in [4.78, 5) is 12.8. The first-order valence-electron chi connectivity index (χ1n) is 5.87. The lowest BCUT2D eigenvalue weighted by molar-refractivity contribution is 1.39. The van der Waals surface area contributed by atoms with Gasteiger partial charge < -0.3 is 0 Å². The van der Waals surface area contributed by atoms with Gasteiger partial charge in [-0.3, -0.25) is 4.98 Å². The third kappa shape index (κ3) is 2.74. The van der Waals surface area contributed by atoms with Crippen LogP contribution in [0, 0.1) is 0 Å². The number of hydrogen-bond acceptors (Lipinski definition) is 4. The number of rotatable bonds is 0. The van der Waals surface area contributed by atoms with Crippen molar-refractivity contribution in [2.24, 2.45) is 0 Å². The van der Waals surface area contributed by atoms with E-state index in [0.29, 0.717) is 0 Å². The zero-order valence-corrected chi connectivity index (χ0v) is 10.9. The van der Waals surface area contributed by atoms with Crippen LogP contribution < -0.4 is 0 Å². The molecule has 92 valence electrons. The van der Waals surface area contributed by atoms with Crippen LogP contribution in [0.3, 0.4) is 0 Å². The van der Waals surface area contributed by atoms with Crippen molar-refractivity contribution in [3.63, 3.8) is 0 Å². The Kier molecular flexibility index (Phi) is 3.42. The number of para-hydroxylation sites is 4. The average molecular weight is 265 g/mol. The van der Waals surface area contributed by atoms with Gasteiger partial charge in [0.25, 0.3) is 0 Å². The average Bonchev–Trinajstić information content (AvgIpc) is 3.04. The topological polar surface area (TPSA) is 38.7 Å². The molecule has 0 spiro atoms. The quantitative estimate of drug-likeness (QED) is 0.452. The van der Waals surface area contributed by atoms with Crippen LogP contribution >= 0.6 is 11.3 Å². The lowest BCUT2D eigenvalue weighted by Crippen LogP contribution is -1.85. The highest BCUT2D eigenvalue weighted by atomic mass is 32.1. The van der Waals surface area contributed by atoms with Gasteiger partial charge in [0.05, 0.1) is 27.6 Å². The summed E-state index contributed by atoms with van der Waals surface area (Å²) in [5, 5.41) is 1.93. The molecule has 4 rings (SSSR count). The predicted octanol–water partition coefficient (Wildman–Crippen LogP) is 3.93. The fraction of sp³-hybridized carbons (Fsp3) is 0. The monoisotopic (exact) mass is 265 g/mol. The molecular formula is C15H11N3S. The molecule has 0 saturated carbocycles. The van der Waals surface area contributed by atoms with Gasteiger partial charge in [-0.05, 0) is 24.3 Å². The molecule has 19 heavy (non-hydrogen) atoms. The fourth-order valence-corrected chi connectivity index (χ4v) is 2.09. The van der Waals surface area contributed by atoms with Crippen molar-refractivity contribution in [1.82, 2.24) is 15.0 Å². The molecule has 0 aliphatic carbocycles. The van der Waals surface area contributed by atoms with Crippen molar-refractivity contribution >= 4 is 33.4 Å². The lowest BCUT2D eigenvalue weighted by atomic mass is 10.2. The summed E-state index contributed by atoms with van der Waals surface area (Å²) in [5.41, 5.74) is 5.59. The summed E-state index contributed by atoms with van der Waals surface area (Å²) in [7, 11) is 0. The number of fused-ring (bicyclic) bond motifs is 2. The molecule has 0 bridgehead atoms. The molecule has 0 radical (unpaired) electrons. The summed E-state index contributed by atoms with van der Waals surface area (Å²) in [6.45, 7) is 0. The highest BCUT2D eigenvalue weighted by Crippen LogP contribution is 2.14. The summed E-state index contributed by atoms with van der Waals surface area (Å²) in [6.07, 6.45) is 1.77. The summed E-state index contributed by atoms with van der Waals surface area (Å²) in [5.74, 6) is 0. The number of thiazole rings is 1. The number of hydrogen-bond donors (Lipinski definition) is 0. The van der Waals surface area contributed by atoms with Gasteiger partial charge in [0.2, 0.25) is 0 Å². The van der Waals surface area contributed by atoms with E-state index < -0.39 is 0 Å². The van der Waals surface area contributed by atoms with Crippen LogP contribution in [0.1, 0.15) is 0 Å². The Bertz CT molecular complexity index is 659. The van der Waals surface area contributed by atoms with E-state index in [1.165, 1.54) is 0 Å². The van der Waals surface area contributed by atoms with E-state index in [1.807, 2.05) is 53.9 Å². The highest BCUT2D eigenvalue weighted by Gasteiger charge is 1.98. The third-order valence-corrected chi connectivity index (χ3v) is 3.11. The molecule has 0 amide bonds. The van der Waals surface area contributed by atoms with E-state index in [2.05, 4.69) is 15.0 Å². The number of nitrogens with zero attached hydrogens (tertiary/aromatic N) is 3. The van der Waals surface area contributed by atoms with Gasteiger partial charge in [-0.1, -0.05) is 24.3 Å². The van der Waals surface area contributed by atoms with Gasteiger partial charge in [0.1, 0.15) is 0 Å². The van der Waals surface area contributed by atoms with Crippen LogP contribution in [0.2, 0.25) is 0 Å². The molecular weight excluding hydrogens is 254 g/mol. The van der Waals surface area contributed by atoms with E-state index >= 15 is 0 Å². The Labute approximate surface area is 114 Å². The first kappa shape index (κ1) is 11.7. The minimum absolute atomic E-state index is 0.950. The zero-order chi connectivity index (χ0) is 12.9. The second-order valence-corrected chi connectivity index (χ2v) is 4.63. The van der Waals surface area contributed by atoms with E-state index in [4.69, 9.17) is 0 Å². The van der Waals surface area contributed by atoms with Crippen molar-refractivity contribution in [2.45, 2.75) is 0 Å². The molecule has 0 aliphatic rings. The van der Waals surface area contributed by atoms with Crippen LogP contribution in [0.25, 0.3) is 22.1 Å². The lowest BCUT2D eigenvalue weighted by Gasteiger charge is -1.98. The molecule has 0 atom stereocenters. The second-order valence-electron chi connectivity index (χ2n) is 3.88. The normalized spacial score (nSPS) is 10.1. The Hall–Kier alpha value is -2.33. The van der Waals surface area contributed by atoms with Gasteiger partial charge in [0.15, 0.2) is 0 Å². The maximum atomic E-state index is 4.52. The molecule has 0 N–H and O–H groups in total. The maximum absolute atomic E-state index is 4.52. The molecule has 2 aromatic heterocycles. The van der Waals surface area contributed by atoms with E-state index in [-0.39, 0.29) is 0 Å². The first-order valence-corrected chi connectivity index (χ1v) is 6.81. The summed E-state index contributed by atoms with van der Waals surface area (Å²) >= 11 is 1.60. The van der Waals surface area contributed by atoms with Crippen LogP contribution in [0.15, 0.2) is 65.6 Å². The minimum atomic E-state index is 0.950. The van der Waals surface area contributed by atoms with Gasteiger partial charge in [-0.25, -0.2) is 9.97 Å². The van der Waals surface area contributed by atoms with Crippen molar-refractivity contribution in [3.05, 3.63) is 65.6 Å². The highest BCUT2D eigenvalue weighted by molar-refractivity contribution is 7.07. The van der Waals surface area contributed by atoms with E-state index in [1.54, 1.807) is 23.0 Å². The van der Waals surface area contributed by atoms with Crippen molar-refractivity contribution in [3.8, 4) is 0 Å². The molecule has 2 heterocycles. The number of benzene rings is 2. The molecule has 0 saturated heterocycles. The predicted molar refractivity (Wildman–Crippen MR) is 79.2 cm³/mol. The Morgan fingerprint density at radius 3 is 1.42 bits per heavy atom. The Morgan fingerprint density at radius 1 is 0.684 bits per heavy atom. The molecule has 4 heteroatoms. The molecule has 2 aromatic carbocycles. The molecule has 0 aliphatic heterocycles. The van der Waals surface area contributed by atoms with Crippen molar-refractivity contribution < 1.29 is 0 Å². The van der Waals surface area contributed by atoms with Crippen LogP contribution in [-0.2, 0) is 0 Å². The van der Waals surface area contributed by atoms with Gasteiger partial charge in [0, 0.05) is 11.6 Å². The summed E-state index contributed by atoms with van der Waals surface area (Å²) < 4.78 is 0. The van der Waals surface area contributed by atoms with Crippen LogP contribution in [0.5, 0.6) is 0 Å².